The second-order valence-corrected chi connectivity index (χ2v) is 4.16. The molecule has 1 aliphatic heterocycles. The second kappa shape index (κ2) is 2.76. The highest BCUT2D eigenvalue weighted by Gasteiger charge is 2.40. The van der Waals surface area contributed by atoms with Crippen LogP contribution in [0, 0.1) is 5.41 Å². The van der Waals surface area contributed by atoms with E-state index in [0.29, 0.717) is 11.5 Å². The summed E-state index contributed by atoms with van der Waals surface area (Å²) < 4.78 is 0. The van der Waals surface area contributed by atoms with E-state index >= 15 is 0 Å². The van der Waals surface area contributed by atoms with Gasteiger partial charge in [0.05, 0.1) is 0 Å². The van der Waals surface area contributed by atoms with Gasteiger partial charge in [-0.25, -0.2) is 0 Å². The highest BCUT2D eigenvalue weighted by atomic mass is 15.0. The van der Waals surface area contributed by atoms with Gasteiger partial charge in [-0.2, -0.15) is 0 Å². The van der Waals surface area contributed by atoms with E-state index in [1.165, 1.54) is 38.6 Å². The minimum absolute atomic E-state index is 0.433. The maximum atomic E-state index is 6.08. The lowest BCUT2D eigenvalue weighted by molar-refractivity contribution is 0.191. The number of nitrogens with two attached hydrogens (primary N) is 1. The van der Waals surface area contributed by atoms with E-state index in [9.17, 15) is 0 Å². The van der Waals surface area contributed by atoms with Crippen LogP contribution in [0.2, 0.25) is 0 Å². The molecule has 1 atom stereocenters. The molecule has 2 nitrogen and oxygen atoms in total. The standard InChI is InChI=1S/C9H18N2/c10-8-6-11-7-9(8)4-2-1-3-5-9/h8,11H,1-7,10H2. The van der Waals surface area contributed by atoms with Crippen LogP contribution in [-0.4, -0.2) is 19.1 Å². The van der Waals surface area contributed by atoms with Crippen LogP contribution >= 0.6 is 0 Å². The topological polar surface area (TPSA) is 38.0 Å². The van der Waals surface area contributed by atoms with Crippen molar-refractivity contribution in [2.24, 2.45) is 11.1 Å². The summed E-state index contributed by atoms with van der Waals surface area (Å²) >= 11 is 0. The third-order valence-corrected chi connectivity index (χ3v) is 3.48. The Bertz CT molecular complexity index is 138. The molecule has 1 heterocycles. The van der Waals surface area contributed by atoms with Gasteiger partial charge in [0.25, 0.3) is 0 Å². The molecule has 2 heteroatoms. The fourth-order valence-electron chi connectivity index (χ4n) is 2.63. The SMILES string of the molecule is NC1CNCC12CCCCC2. The minimum atomic E-state index is 0.433. The van der Waals surface area contributed by atoms with Crippen molar-refractivity contribution in [1.82, 2.24) is 5.32 Å². The number of hydrogen-bond donors (Lipinski definition) is 2. The lowest BCUT2D eigenvalue weighted by Crippen LogP contribution is -2.41. The van der Waals surface area contributed by atoms with Gasteiger partial charge in [-0.1, -0.05) is 19.3 Å². The van der Waals surface area contributed by atoms with Crippen molar-refractivity contribution in [3.63, 3.8) is 0 Å². The average molecular weight is 154 g/mol. The van der Waals surface area contributed by atoms with E-state index in [1.807, 2.05) is 0 Å². The van der Waals surface area contributed by atoms with E-state index in [2.05, 4.69) is 5.32 Å². The largest absolute Gasteiger partial charge is 0.326 e. The highest BCUT2D eigenvalue weighted by molar-refractivity contribution is 4.98. The predicted octanol–water partition coefficient (Wildman–Crippen LogP) is 0.867. The van der Waals surface area contributed by atoms with Crippen LogP contribution in [0.3, 0.4) is 0 Å². The first-order valence-electron chi connectivity index (χ1n) is 4.80. The smallest absolute Gasteiger partial charge is 0.0234 e. The molecule has 0 aromatic heterocycles. The Balaban J connectivity index is 2.06. The zero-order valence-corrected chi connectivity index (χ0v) is 7.10. The molecule has 0 aromatic rings. The first-order chi connectivity index (χ1) is 5.33. The third-order valence-electron chi connectivity index (χ3n) is 3.48. The van der Waals surface area contributed by atoms with E-state index in [-0.39, 0.29) is 0 Å². The lowest BCUT2D eigenvalue weighted by atomic mass is 9.71. The quantitative estimate of drug-likeness (QED) is 0.543. The Morgan fingerprint density at radius 3 is 2.45 bits per heavy atom. The van der Waals surface area contributed by atoms with E-state index in [4.69, 9.17) is 5.73 Å². The van der Waals surface area contributed by atoms with Crippen LogP contribution in [0.4, 0.5) is 0 Å². The van der Waals surface area contributed by atoms with Crippen molar-refractivity contribution in [3.8, 4) is 0 Å². The van der Waals surface area contributed by atoms with Gasteiger partial charge in [0.15, 0.2) is 0 Å². The van der Waals surface area contributed by atoms with Crippen LogP contribution in [-0.2, 0) is 0 Å². The first kappa shape index (κ1) is 7.56. The maximum absolute atomic E-state index is 6.08. The number of nitrogens with one attached hydrogen (secondary N) is 1. The molecule has 1 unspecified atom stereocenters. The molecular formula is C9H18N2. The molecule has 1 spiro atoms. The van der Waals surface area contributed by atoms with Gasteiger partial charge in [-0.3, -0.25) is 0 Å². The molecule has 0 amide bonds. The third kappa shape index (κ3) is 1.18. The Morgan fingerprint density at radius 2 is 1.91 bits per heavy atom. The molecule has 1 saturated heterocycles. The minimum Gasteiger partial charge on any atom is -0.326 e. The van der Waals surface area contributed by atoms with Crippen LogP contribution in [0.1, 0.15) is 32.1 Å². The molecule has 2 fully saturated rings. The van der Waals surface area contributed by atoms with Crippen LogP contribution in [0.15, 0.2) is 0 Å². The highest BCUT2D eigenvalue weighted by Crippen LogP contribution is 2.39. The van der Waals surface area contributed by atoms with Crippen molar-refractivity contribution in [2.75, 3.05) is 13.1 Å². The Morgan fingerprint density at radius 1 is 1.18 bits per heavy atom. The lowest BCUT2D eigenvalue weighted by Gasteiger charge is -2.36. The number of hydrogen-bond acceptors (Lipinski definition) is 2. The van der Waals surface area contributed by atoms with E-state index in [1.54, 1.807) is 0 Å². The summed E-state index contributed by atoms with van der Waals surface area (Å²) in [7, 11) is 0. The van der Waals surface area contributed by atoms with Gasteiger partial charge < -0.3 is 11.1 Å². The van der Waals surface area contributed by atoms with Gasteiger partial charge in [0.1, 0.15) is 0 Å². The molecule has 3 N–H and O–H groups in total. The summed E-state index contributed by atoms with van der Waals surface area (Å²) in [4.78, 5) is 0. The Labute approximate surface area is 68.5 Å². The van der Waals surface area contributed by atoms with Crippen LogP contribution < -0.4 is 11.1 Å². The molecule has 1 saturated carbocycles. The molecular weight excluding hydrogens is 136 g/mol. The molecule has 2 rings (SSSR count). The monoisotopic (exact) mass is 154 g/mol. The maximum Gasteiger partial charge on any atom is 0.0234 e. The molecule has 64 valence electrons. The summed E-state index contributed by atoms with van der Waals surface area (Å²) in [5, 5.41) is 3.41. The molecule has 0 bridgehead atoms. The molecule has 0 radical (unpaired) electrons. The average Bonchev–Trinajstić information content (AvgIpc) is 2.36. The Hall–Kier alpha value is -0.0800. The number of rotatable bonds is 0. The van der Waals surface area contributed by atoms with Gasteiger partial charge in [-0.05, 0) is 18.3 Å². The van der Waals surface area contributed by atoms with Gasteiger partial charge >= 0.3 is 0 Å². The summed E-state index contributed by atoms with van der Waals surface area (Å²) in [6.45, 7) is 2.22. The van der Waals surface area contributed by atoms with Crippen LogP contribution in [0.5, 0.6) is 0 Å². The Kier molecular flexibility index (Phi) is 1.90. The second-order valence-electron chi connectivity index (χ2n) is 4.16. The van der Waals surface area contributed by atoms with Crippen LogP contribution in [0.25, 0.3) is 0 Å². The van der Waals surface area contributed by atoms with Crippen molar-refractivity contribution in [2.45, 2.75) is 38.1 Å². The molecule has 0 aromatic carbocycles. The summed E-state index contributed by atoms with van der Waals surface area (Å²) in [5.41, 5.74) is 6.58. The van der Waals surface area contributed by atoms with E-state index in [0.717, 1.165) is 6.54 Å². The zero-order valence-electron chi connectivity index (χ0n) is 7.10. The normalized spacial score (nSPS) is 36.3. The fraction of sp³-hybridized carbons (Fsp3) is 1.00. The van der Waals surface area contributed by atoms with Gasteiger partial charge in [0, 0.05) is 19.1 Å². The summed E-state index contributed by atoms with van der Waals surface area (Å²) in [6, 6.07) is 0.433. The van der Waals surface area contributed by atoms with Gasteiger partial charge in [0.2, 0.25) is 0 Å². The van der Waals surface area contributed by atoms with Crippen molar-refractivity contribution in [3.05, 3.63) is 0 Å². The van der Waals surface area contributed by atoms with Crippen molar-refractivity contribution < 1.29 is 0 Å². The first-order valence-corrected chi connectivity index (χ1v) is 4.80. The summed E-state index contributed by atoms with van der Waals surface area (Å²) in [5.74, 6) is 0. The zero-order chi connectivity index (χ0) is 7.73. The van der Waals surface area contributed by atoms with Crippen molar-refractivity contribution in [1.29, 1.82) is 0 Å². The summed E-state index contributed by atoms with van der Waals surface area (Å²) in [6.07, 6.45) is 6.95. The predicted molar refractivity (Wildman–Crippen MR) is 46.4 cm³/mol. The fourth-order valence-corrected chi connectivity index (χ4v) is 2.63. The molecule has 2 aliphatic rings. The molecule has 1 aliphatic carbocycles. The van der Waals surface area contributed by atoms with Crippen molar-refractivity contribution >= 4 is 0 Å². The van der Waals surface area contributed by atoms with E-state index < -0.39 is 0 Å². The van der Waals surface area contributed by atoms with Gasteiger partial charge in [-0.15, -0.1) is 0 Å². The molecule has 11 heavy (non-hydrogen) atoms.